The third-order valence-electron chi connectivity index (χ3n) is 4.87. The molecule has 1 atom stereocenters. The topological polar surface area (TPSA) is 122 Å². The summed E-state index contributed by atoms with van der Waals surface area (Å²) >= 11 is 0. The summed E-state index contributed by atoms with van der Waals surface area (Å²) in [5.74, 6) is 0.461. The maximum Gasteiger partial charge on any atom is 0.240 e. The first-order valence-corrected chi connectivity index (χ1v) is 10.9. The van der Waals surface area contributed by atoms with E-state index in [0.29, 0.717) is 36.0 Å². The normalized spacial score (nSPS) is 17.3. The van der Waals surface area contributed by atoms with E-state index in [0.717, 1.165) is 4.90 Å². The van der Waals surface area contributed by atoms with Gasteiger partial charge in [0, 0.05) is 19.4 Å². The molecule has 30 heavy (non-hydrogen) atoms. The molecule has 10 heteroatoms. The fraction of sp³-hybridized carbons (Fsp3) is 0.300. The fourth-order valence-corrected chi connectivity index (χ4v) is 4.33. The molecule has 158 valence electrons. The smallest absolute Gasteiger partial charge is 0.240 e. The van der Waals surface area contributed by atoms with Gasteiger partial charge < -0.3 is 14.6 Å². The van der Waals surface area contributed by atoms with E-state index in [2.05, 4.69) is 4.72 Å². The van der Waals surface area contributed by atoms with Crippen molar-refractivity contribution in [3.63, 3.8) is 0 Å². The zero-order valence-corrected chi connectivity index (χ0v) is 16.7. The summed E-state index contributed by atoms with van der Waals surface area (Å²) < 4.78 is 38.4. The Morgan fingerprint density at radius 1 is 0.967 bits per heavy atom. The number of carbonyl (C=O) groups is 2. The highest BCUT2D eigenvalue weighted by Crippen LogP contribution is 2.32. The van der Waals surface area contributed by atoms with Gasteiger partial charge in [0.15, 0.2) is 11.5 Å². The molecule has 0 saturated carbocycles. The van der Waals surface area contributed by atoms with Crippen molar-refractivity contribution < 1.29 is 32.6 Å². The van der Waals surface area contributed by atoms with Crippen molar-refractivity contribution >= 4 is 27.5 Å². The number of carbonyl (C=O) groups excluding carboxylic acids is 2. The van der Waals surface area contributed by atoms with Crippen LogP contribution in [0.1, 0.15) is 24.5 Å². The summed E-state index contributed by atoms with van der Waals surface area (Å²) in [6, 6.07) is 10.4. The Bertz CT molecular complexity index is 1070. The lowest BCUT2D eigenvalue weighted by Crippen LogP contribution is -2.29. The van der Waals surface area contributed by atoms with Crippen LogP contribution in [-0.2, 0) is 19.6 Å². The minimum Gasteiger partial charge on any atom is -0.486 e. The molecule has 0 radical (unpaired) electrons. The monoisotopic (exact) mass is 432 g/mol. The lowest BCUT2D eigenvalue weighted by atomic mass is 10.1. The van der Waals surface area contributed by atoms with Gasteiger partial charge >= 0.3 is 0 Å². The highest BCUT2D eigenvalue weighted by Gasteiger charge is 2.30. The molecule has 9 nitrogen and oxygen atoms in total. The van der Waals surface area contributed by atoms with Gasteiger partial charge in [-0.2, -0.15) is 0 Å². The Morgan fingerprint density at radius 3 is 2.27 bits per heavy atom. The Morgan fingerprint density at radius 2 is 1.60 bits per heavy atom. The molecule has 0 spiro atoms. The quantitative estimate of drug-likeness (QED) is 0.656. The van der Waals surface area contributed by atoms with Crippen molar-refractivity contribution in [1.82, 2.24) is 4.72 Å². The van der Waals surface area contributed by atoms with E-state index in [-0.39, 0.29) is 36.1 Å². The van der Waals surface area contributed by atoms with Crippen LogP contribution in [-0.4, -0.2) is 45.1 Å². The Labute approximate surface area is 173 Å². The number of hydrogen-bond acceptors (Lipinski definition) is 7. The third-order valence-corrected chi connectivity index (χ3v) is 6.31. The van der Waals surface area contributed by atoms with Crippen molar-refractivity contribution in [3.8, 4) is 11.5 Å². The molecule has 2 aliphatic rings. The predicted molar refractivity (Wildman–Crippen MR) is 106 cm³/mol. The number of benzene rings is 2. The predicted octanol–water partition coefficient (Wildman–Crippen LogP) is 1.12. The summed E-state index contributed by atoms with van der Waals surface area (Å²) in [6.45, 7) is 0.615. The van der Waals surface area contributed by atoms with E-state index in [1.54, 1.807) is 18.2 Å². The van der Waals surface area contributed by atoms with Gasteiger partial charge in [0.05, 0.1) is 16.7 Å². The van der Waals surface area contributed by atoms with Gasteiger partial charge in [-0.15, -0.1) is 0 Å². The number of imide groups is 1. The number of amides is 2. The van der Waals surface area contributed by atoms with Crippen molar-refractivity contribution in [2.45, 2.75) is 23.8 Å². The van der Waals surface area contributed by atoms with Gasteiger partial charge in [-0.1, -0.05) is 6.07 Å². The zero-order chi connectivity index (χ0) is 21.3. The number of rotatable bonds is 6. The Hall–Kier alpha value is -2.95. The van der Waals surface area contributed by atoms with Crippen LogP contribution in [0.2, 0.25) is 0 Å². The second kappa shape index (κ2) is 8.05. The van der Waals surface area contributed by atoms with Gasteiger partial charge in [-0.05, 0) is 42.0 Å². The first kappa shape index (κ1) is 20.3. The van der Waals surface area contributed by atoms with E-state index in [9.17, 15) is 23.1 Å². The maximum atomic E-state index is 12.5. The number of nitrogens with zero attached hydrogens (tertiary/aromatic N) is 1. The fourth-order valence-electron chi connectivity index (χ4n) is 3.30. The van der Waals surface area contributed by atoms with Crippen molar-refractivity contribution in [2.24, 2.45) is 0 Å². The summed E-state index contributed by atoms with van der Waals surface area (Å²) in [5.41, 5.74) is 0.820. The molecule has 0 unspecified atom stereocenters. The molecule has 2 aromatic rings. The van der Waals surface area contributed by atoms with Crippen LogP contribution in [0.3, 0.4) is 0 Å². The molecular formula is C20H20N2O7S. The van der Waals surface area contributed by atoms with Crippen molar-refractivity contribution in [1.29, 1.82) is 0 Å². The molecule has 0 aliphatic carbocycles. The van der Waals surface area contributed by atoms with Crippen LogP contribution in [0.15, 0.2) is 47.4 Å². The average Bonchev–Trinajstić information content (AvgIpc) is 3.09. The standard InChI is InChI=1S/C20H20N2O7S/c23-16(13-1-6-17-18(11-13)29-10-9-28-17)12-21-30(26,27)15-4-2-14(3-5-15)22-19(24)7-8-20(22)25/h1-6,11,16,21,23H,7-10,12H2/t16-/m0/s1. The first-order valence-electron chi connectivity index (χ1n) is 9.38. The van der Waals surface area contributed by atoms with Crippen LogP contribution in [0.25, 0.3) is 0 Å². The number of nitrogens with one attached hydrogen (secondary N) is 1. The number of anilines is 1. The van der Waals surface area contributed by atoms with E-state index in [4.69, 9.17) is 9.47 Å². The van der Waals surface area contributed by atoms with Crippen molar-refractivity contribution in [2.75, 3.05) is 24.7 Å². The first-order chi connectivity index (χ1) is 14.3. The van der Waals surface area contributed by atoms with E-state index in [1.807, 2.05) is 0 Å². The minimum atomic E-state index is -3.90. The number of ether oxygens (including phenoxy) is 2. The van der Waals surface area contributed by atoms with E-state index < -0.39 is 16.1 Å². The van der Waals surface area contributed by atoms with Crippen LogP contribution in [0.5, 0.6) is 11.5 Å². The lowest BCUT2D eigenvalue weighted by Gasteiger charge is -2.20. The van der Waals surface area contributed by atoms with Crippen molar-refractivity contribution in [3.05, 3.63) is 48.0 Å². The highest BCUT2D eigenvalue weighted by molar-refractivity contribution is 7.89. The minimum absolute atomic E-state index is 0.0419. The van der Waals surface area contributed by atoms with Crippen LogP contribution in [0.4, 0.5) is 5.69 Å². The summed E-state index contributed by atoms with van der Waals surface area (Å²) in [6.07, 6.45) is -0.786. The molecule has 2 aliphatic heterocycles. The van der Waals surface area contributed by atoms with Gasteiger partial charge in [0.25, 0.3) is 0 Å². The summed E-state index contributed by atoms with van der Waals surface area (Å²) in [7, 11) is -3.90. The zero-order valence-electron chi connectivity index (χ0n) is 15.9. The Balaban J connectivity index is 1.43. The highest BCUT2D eigenvalue weighted by atomic mass is 32.2. The molecule has 2 aromatic carbocycles. The SMILES string of the molecule is O=C1CCC(=O)N1c1ccc(S(=O)(=O)NC[C@H](O)c2ccc3c(c2)OCCO3)cc1. The molecule has 2 amide bonds. The summed E-state index contributed by atoms with van der Waals surface area (Å²) in [4.78, 5) is 24.6. The van der Waals surface area contributed by atoms with Gasteiger partial charge in [-0.25, -0.2) is 13.1 Å². The number of sulfonamides is 1. The number of hydrogen-bond donors (Lipinski definition) is 2. The van der Waals surface area contributed by atoms with E-state index in [1.165, 1.54) is 24.3 Å². The van der Waals surface area contributed by atoms with E-state index >= 15 is 0 Å². The van der Waals surface area contributed by atoms with Crippen LogP contribution in [0, 0.1) is 0 Å². The van der Waals surface area contributed by atoms with Crippen LogP contribution < -0.4 is 19.1 Å². The molecule has 1 saturated heterocycles. The molecular weight excluding hydrogens is 412 g/mol. The molecule has 2 heterocycles. The molecule has 4 rings (SSSR count). The van der Waals surface area contributed by atoms with Gasteiger partial charge in [0.1, 0.15) is 13.2 Å². The van der Waals surface area contributed by atoms with Crippen LogP contribution >= 0.6 is 0 Å². The largest absolute Gasteiger partial charge is 0.486 e. The average molecular weight is 432 g/mol. The number of fused-ring (bicyclic) bond motifs is 1. The molecule has 1 fully saturated rings. The number of aliphatic hydroxyl groups is 1. The van der Waals surface area contributed by atoms with Gasteiger partial charge in [-0.3, -0.25) is 14.5 Å². The second-order valence-corrected chi connectivity index (χ2v) is 8.65. The summed E-state index contributed by atoms with van der Waals surface area (Å²) in [5, 5.41) is 10.4. The Kier molecular flexibility index (Phi) is 5.46. The maximum absolute atomic E-state index is 12.5. The third kappa shape index (κ3) is 4.02. The molecule has 0 bridgehead atoms. The molecule has 2 N–H and O–H groups in total. The second-order valence-electron chi connectivity index (χ2n) is 6.89. The molecule has 0 aromatic heterocycles. The van der Waals surface area contributed by atoms with Gasteiger partial charge in [0.2, 0.25) is 21.8 Å². The lowest BCUT2D eigenvalue weighted by molar-refractivity contribution is -0.121. The number of aliphatic hydroxyl groups excluding tert-OH is 1.